The quantitative estimate of drug-likeness (QED) is 0.705. The molecule has 1 aromatic carbocycles. The molecule has 0 bridgehead atoms. The molecule has 0 radical (unpaired) electrons. The Morgan fingerprint density at radius 3 is 2.74 bits per heavy atom. The Morgan fingerprint density at radius 2 is 2.04 bits per heavy atom. The van der Waals surface area contributed by atoms with Gasteiger partial charge in [0.2, 0.25) is 0 Å². The first-order chi connectivity index (χ1) is 13.2. The Labute approximate surface area is 156 Å². The number of nitrogens with one attached hydrogen (secondary N) is 2. The number of amides is 1. The van der Waals surface area contributed by atoms with Gasteiger partial charge in [-0.1, -0.05) is 17.3 Å². The molecule has 1 atom stereocenters. The van der Waals surface area contributed by atoms with Crippen LogP contribution in [0.2, 0.25) is 0 Å². The van der Waals surface area contributed by atoms with E-state index in [-0.39, 0.29) is 11.9 Å². The third-order valence-electron chi connectivity index (χ3n) is 4.85. The summed E-state index contributed by atoms with van der Waals surface area (Å²) >= 11 is 0. The lowest BCUT2D eigenvalue weighted by molar-refractivity contribution is 0.0934. The van der Waals surface area contributed by atoms with E-state index >= 15 is 0 Å². The van der Waals surface area contributed by atoms with Crippen LogP contribution >= 0.6 is 0 Å². The molecule has 0 aliphatic carbocycles. The molecule has 140 valence electrons. The number of piperidine rings is 1. The molecule has 1 aliphatic rings. The maximum absolute atomic E-state index is 12.5. The summed E-state index contributed by atoms with van der Waals surface area (Å²) in [6, 6.07) is 7.98. The van der Waals surface area contributed by atoms with Crippen LogP contribution in [0, 0.1) is 0 Å². The predicted molar refractivity (Wildman–Crippen MR) is 98.4 cm³/mol. The van der Waals surface area contributed by atoms with Gasteiger partial charge in [-0.15, -0.1) is 5.10 Å². The van der Waals surface area contributed by atoms with Crippen LogP contribution < -0.4 is 10.6 Å². The summed E-state index contributed by atoms with van der Waals surface area (Å²) < 4.78 is 3.50. The van der Waals surface area contributed by atoms with Crippen LogP contribution in [0.15, 0.2) is 43.1 Å². The number of rotatable bonds is 5. The largest absolute Gasteiger partial charge is 0.344 e. The normalized spacial score (nSPS) is 16.2. The minimum absolute atomic E-state index is 0.147. The summed E-state index contributed by atoms with van der Waals surface area (Å²) in [7, 11) is 0. The highest BCUT2D eigenvalue weighted by atomic mass is 16.2. The number of carbonyl (C=O) groups is 1. The maximum atomic E-state index is 12.5. The lowest BCUT2D eigenvalue weighted by Crippen LogP contribution is -2.29. The number of aromatic nitrogens is 6. The molecule has 27 heavy (non-hydrogen) atoms. The van der Waals surface area contributed by atoms with E-state index in [0.717, 1.165) is 37.2 Å². The molecule has 0 saturated carbocycles. The number of hydrogen-bond donors (Lipinski definition) is 2. The van der Waals surface area contributed by atoms with E-state index in [2.05, 4.69) is 31.0 Å². The summed E-state index contributed by atoms with van der Waals surface area (Å²) in [6.45, 7) is 3.88. The second kappa shape index (κ2) is 7.67. The van der Waals surface area contributed by atoms with Crippen molar-refractivity contribution in [3.8, 4) is 5.69 Å². The molecular formula is C18H22N8O. The zero-order valence-electron chi connectivity index (χ0n) is 15.1. The lowest BCUT2D eigenvalue weighted by Gasteiger charge is -2.22. The molecule has 1 aliphatic heterocycles. The van der Waals surface area contributed by atoms with Crippen molar-refractivity contribution in [3.05, 3.63) is 54.4 Å². The first-order valence-electron chi connectivity index (χ1n) is 9.09. The highest BCUT2D eigenvalue weighted by molar-refractivity contribution is 5.92. The average Bonchev–Trinajstić information content (AvgIpc) is 3.41. The number of hydrogen-bond acceptors (Lipinski definition) is 6. The second-order valence-corrected chi connectivity index (χ2v) is 6.69. The van der Waals surface area contributed by atoms with Crippen molar-refractivity contribution in [1.82, 2.24) is 40.4 Å². The molecule has 9 nitrogen and oxygen atoms in total. The van der Waals surface area contributed by atoms with Crippen LogP contribution in [0.3, 0.4) is 0 Å². The number of carbonyl (C=O) groups excluding carboxylic acids is 1. The van der Waals surface area contributed by atoms with E-state index in [1.165, 1.54) is 6.33 Å². The van der Waals surface area contributed by atoms with Crippen molar-refractivity contribution < 1.29 is 4.79 Å². The molecule has 2 aromatic heterocycles. The Morgan fingerprint density at radius 1 is 1.26 bits per heavy atom. The van der Waals surface area contributed by atoms with Crippen LogP contribution in [-0.4, -0.2) is 48.8 Å². The summed E-state index contributed by atoms with van der Waals surface area (Å²) in [5.74, 6) is -0.219. The monoisotopic (exact) mass is 366 g/mol. The topological polar surface area (TPSA) is 103 Å². The first kappa shape index (κ1) is 17.3. The van der Waals surface area contributed by atoms with Crippen LogP contribution in [0.25, 0.3) is 5.69 Å². The summed E-state index contributed by atoms with van der Waals surface area (Å²) in [6.07, 6.45) is 6.88. The van der Waals surface area contributed by atoms with Gasteiger partial charge in [-0.2, -0.15) is 5.10 Å². The zero-order chi connectivity index (χ0) is 18.6. The molecule has 3 aromatic rings. The summed E-state index contributed by atoms with van der Waals surface area (Å²) in [5, 5.41) is 18.6. The second-order valence-electron chi connectivity index (χ2n) is 6.69. The summed E-state index contributed by atoms with van der Waals surface area (Å²) in [4.78, 5) is 16.5. The van der Waals surface area contributed by atoms with Gasteiger partial charge in [0.25, 0.3) is 5.91 Å². The van der Waals surface area contributed by atoms with Crippen LogP contribution in [0.4, 0.5) is 0 Å². The fraction of sp³-hybridized carbons (Fsp3) is 0.389. The third-order valence-corrected chi connectivity index (χ3v) is 4.85. The Hall–Kier alpha value is -3.07. The van der Waals surface area contributed by atoms with Crippen molar-refractivity contribution in [3.63, 3.8) is 0 Å². The highest BCUT2D eigenvalue weighted by Crippen LogP contribution is 2.18. The SMILES string of the molecule is CC(NC(=O)c1cn(C2CCNCC2)nn1)c1ccc(-n2cncn2)cc1. The molecule has 1 fully saturated rings. The van der Waals surface area contributed by atoms with Gasteiger partial charge in [-0.25, -0.2) is 14.3 Å². The molecule has 2 N–H and O–H groups in total. The van der Waals surface area contributed by atoms with Gasteiger partial charge in [-0.3, -0.25) is 4.79 Å². The van der Waals surface area contributed by atoms with E-state index in [0.29, 0.717) is 11.7 Å². The minimum Gasteiger partial charge on any atom is -0.344 e. The van der Waals surface area contributed by atoms with E-state index in [1.807, 2.05) is 35.9 Å². The zero-order valence-corrected chi connectivity index (χ0v) is 15.1. The van der Waals surface area contributed by atoms with Crippen LogP contribution in [0.1, 0.15) is 47.9 Å². The van der Waals surface area contributed by atoms with Crippen LogP contribution in [-0.2, 0) is 0 Å². The number of benzene rings is 1. The van der Waals surface area contributed by atoms with Gasteiger partial charge in [0.05, 0.1) is 24.0 Å². The van der Waals surface area contributed by atoms with Crippen molar-refractivity contribution in [2.24, 2.45) is 0 Å². The Bertz CT molecular complexity index is 880. The van der Waals surface area contributed by atoms with Gasteiger partial charge in [-0.05, 0) is 50.6 Å². The fourth-order valence-electron chi connectivity index (χ4n) is 3.24. The Kier molecular flexibility index (Phi) is 4.93. The van der Waals surface area contributed by atoms with Gasteiger partial charge >= 0.3 is 0 Å². The molecule has 4 rings (SSSR count). The first-order valence-corrected chi connectivity index (χ1v) is 9.09. The van der Waals surface area contributed by atoms with E-state index in [9.17, 15) is 4.79 Å². The molecular weight excluding hydrogens is 344 g/mol. The van der Waals surface area contributed by atoms with Crippen molar-refractivity contribution in [2.45, 2.75) is 31.8 Å². The number of nitrogens with zero attached hydrogens (tertiary/aromatic N) is 6. The fourth-order valence-corrected chi connectivity index (χ4v) is 3.24. The predicted octanol–water partition coefficient (Wildman–Crippen LogP) is 1.27. The van der Waals surface area contributed by atoms with Crippen molar-refractivity contribution >= 4 is 5.91 Å². The van der Waals surface area contributed by atoms with E-state index in [4.69, 9.17) is 0 Å². The van der Waals surface area contributed by atoms with Gasteiger partial charge < -0.3 is 10.6 Å². The molecule has 3 heterocycles. The Balaban J connectivity index is 1.39. The van der Waals surface area contributed by atoms with Crippen molar-refractivity contribution in [2.75, 3.05) is 13.1 Å². The van der Waals surface area contributed by atoms with Crippen LogP contribution in [0.5, 0.6) is 0 Å². The maximum Gasteiger partial charge on any atom is 0.273 e. The van der Waals surface area contributed by atoms with Gasteiger partial charge in [0.15, 0.2) is 5.69 Å². The molecule has 1 amide bonds. The molecule has 0 spiro atoms. The smallest absolute Gasteiger partial charge is 0.273 e. The third kappa shape index (κ3) is 3.87. The van der Waals surface area contributed by atoms with Gasteiger partial charge in [0.1, 0.15) is 12.7 Å². The highest BCUT2D eigenvalue weighted by Gasteiger charge is 2.20. The van der Waals surface area contributed by atoms with Crippen molar-refractivity contribution in [1.29, 1.82) is 0 Å². The summed E-state index contributed by atoms with van der Waals surface area (Å²) in [5.41, 5.74) is 2.26. The minimum atomic E-state index is -0.219. The lowest BCUT2D eigenvalue weighted by atomic mass is 10.1. The van der Waals surface area contributed by atoms with Gasteiger partial charge in [0, 0.05) is 0 Å². The van der Waals surface area contributed by atoms with E-state index in [1.54, 1.807) is 17.2 Å². The molecule has 9 heteroatoms. The van der Waals surface area contributed by atoms with E-state index < -0.39 is 0 Å². The molecule has 1 saturated heterocycles. The standard InChI is InChI=1S/C18H22N8O/c1-13(14-2-4-15(5-3-14)26-12-20-11-21-26)22-18(27)17-10-25(24-23-17)16-6-8-19-9-7-16/h2-5,10-13,16,19H,6-9H2,1H3,(H,22,27). The average molecular weight is 366 g/mol. The molecule has 1 unspecified atom stereocenters.